The van der Waals surface area contributed by atoms with Crippen LogP contribution in [0.25, 0.3) is 6.08 Å². The van der Waals surface area contributed by atoms with Crippen LogP contribution >= 0.6 is 11.6 Å². The van der Waals surface area contributed by atoms with Gasteiger partial charge in [-0.15, -0.1) is 0 Å². The largest absolute Gasteiger partial charge is 0.493 e. The van der Waals surface area contributed by atoms with Crippen LogP contribution in [0.5, 0.6) is 17.4 Å². The summed E-state index contributed by atoms with van der Waals surface area (Å²) in [5.74, 6) is -2.70. The molecule has 0 bridgehead atoms. The summed E-state index contributed by atoms with van der Waals surface area (Å²) in [5.41, 5.74) is 0.0583. The van der Waals surface area contributed by atoms with Gasteiger partial charge in [0.05, 0.1) is 13.3 Å². The van der Waals surface area contributed by atoms with Crippen molar-refractivity contribution in [3.63, 3.8) is 0 Å². The van der Waals surface area contributed by atoms with E-state index in [1.54, 1.807) is 0 Å². The van der Waals surface area contributed by atoms with Gasteiger partial charge < -0.3 is 9.47 Å². The molecule has 1 aliphatic rings. The second kappa shape index (κ2) is 7.38. The smallest absolute Gasteiger partial charge is 0.328 e. The number of ether oxygens (including phenoxy) is 2. The molecule has 2 heterocycles. The Hall–Kier alpha value is -3.53. The molecule has 0 atom stereocenters. The van der Waals surface area contributed by atoms with Gasteiger partial charge in [-0.25, -0.2) is 9.78 Å². The summed E-state index contributed by atoms with van der Waals surface area (Å²) < 4.78 is 24.3. The van der Waals surface area contributed by atoms with E-state index in [-0.39, 0.29) is 22.4 Å². The predicted molar refractivity (Wildman–Crippen MR) is 89.7 cm³/mol. The average molecular weight is 393 g/mol. The maximum absolute atomic E-state index is 13.8. The number of hydrogen-bond donors (Lipinski definition) is 2. The number of carbonyl (C=O) groups is 3. The lowest BCUT2D eigenvalue weighted by atomic mass is 10.1. The van der Waals surface area contributed by atoms with E-state index in [1.165, 1.54) is 31.4 Å². The Bertz CT molecular complexity index is 973. The molecule has 4 amide bonds. The highest BCUT2D eigenvalue weighted by molar-refractivity contribution is 6.31. The van der Waals surface area contributed by atoms with E-state index in [9.17, 15) is 18.8 Å². The normalized spacial score (nSPS) is 13.7. The number of methoxy groups -OCH3 is 1. The zero-order valence-electron chi connectivity index (χ0n) is 13.6. The monoisotopic (exact) mass is 392 g/mol. The van der Waals surface area contributed by atoms with Crippen LogP contribution in [0.3, 0.4) is 0 Å². The topological polar surface area (TPSA) is 120 Å². The van der Waals surface area contributed by atoms with Crippen LogP contribution in [-0.4, -0.2) is 34.9 Å². The van der Waals surface area contributed by atoms with Crippen molar-refractivity contribution < 1.29 is 28.2 Å². The number of imide groups is 2. The number of aromatic nitrogens is 2. The van der Waals surface area contributed by atoms with Gasteiger partial charge in [-0.2, -0.15) is 9.37 Å². The summed E-state index contributed by atoms with van der Waals surface area (Å²) in [6.45, 7) is 0. The summed E-state index contributed by atoms with van der Waals surface area (Å²) in [6.07, 6.45) is 2.07. The van der Waals surface area contributed by atoms with Crippen molar-refractivity contribution in [2.75, 3.05) is 7.11 Å². The third-order valence-corrected chi connectivity index (χ3v) is 3.51. The maximum Gasteiger partial charge on any atom is 0.328 e. The zero-order valence-corrected chi connectivity index (χ0v) is 14.3. The van der Waals surface area contributed by atoms with Crippen molar-refractivity contribution in [1.82, 2.24) is 20.6 Å². The lowest BCUT2D eigenvalue weighted by Gasteiger charge is -2.14. The van der Waals surface area contributed by atoms with Crippen molar-refractivity contribution >= 4 is 35.5 Å². The lowest BCUT2D eigenvalue weighted by Crippen LogP contribution is -2.51. The molecular formula is C16H10ClFN4O5. The molecule has 1 saturated heterocycles. The molecule has 0 radical (unpaired) electrons. The van der Waals surface area contributed by atoms with Crippen molar-refractivity contribution in [1.29, 1.82) is 0 Å². The minimum atomic E-state index is -0.906. The van der Waals surface area contributed by atoms with E-state index in [4.69, 9.17) is 21.1 Å². The third-order valence-electron chi connectivity index (χ3n) is 3.33. The zero-order chi connectivity index (χ0) is 19.6. The molecule has 2 aromatic rings. The van der Waals surface area contributed by atoms with Gasteiger partial charge in [-0.1, -0.05) is 6.07 Å². The number of nitrogens with one attached hydrogen (secondary N) is 2. The number of halogens is 2. The van der Waals surface area contributed by atoms with Gasteiger partial charge in [0, 0.05) is 0 Å². The summed E-state index contributed by atoms with van der Waals surface area (Å²) >= 11 is 5.63. The van der Waals surface area contributed by atoms with Crippen LogP contribution in [0.4, 0.5) is 9.18 Å². The van der Waals surface area contributed by atoms with Crippen LogP contribution < -0.4 is 20.1 Å². The van der Waals surface area contributed by atoms with Gasteiger partial charge in [0.25, 0.3) is 17.7 Å². The molecular weight excluding hydrogens is 383 g/mol. The average Bonchev–Trinajstić information content (AvgIpc) is 2.61. The van der Waals surface area contributed by atoms with Crippen LogP contribution in [0.1, 0.15) is 5.56 Å². The molecule has 0 aliphatic carbocycles. The molecule has 0 unspecified atom stereocenters. The fraction of sp³-hybridized carbons (Fsp3) is 0.0625. The van der Waals surface area contributed by atoms with Gasteiger partial charge in [0.1, 0.15) is 5.57 Å². The van der Waals surface area contributed by atoms with Gasteiger partial charge >= 0.3 is 6.03 Å². The van der Waals surface area contributed by atoms with E-state index in [0.29, 0.717) is 5.56 Å². The highest BCUT2D eigenvalue weighted by Crippen LogP contribution is 2.33. The van der Waals surface area contributed by atoms with Crippen molar-refractivity contribution in [2.24, 2.45) is 0 Å². The molecule has 11 heteroatoms. The number of urea groups is 1. The number of nitrogens with zero attached hydrogens (tertiary/aromatic N) is 2. The molecule has 138 valence electrons. The molecule has 1 aromatic heterocycles. The fourth-order valence-electron chi connectivity index (χ4n) is 2.14. The molecule has 1 aliphatic heterocycles. The van der Waals surface area contributed by atoms with Gasteiger partial charge in [0.15, 0.2) is 11.5 Å². The first-order valence-electron chi connectivity index (χ1n) is 7.29. The Labute approximate surface area is 156 Å². The first-order chi connectivity index (χ1) is 12.9. The molecule has 3 rings (SSSR count). The molecule has 0 saturated carbocycles. The Morgan fingerprint density at radius 2 is 1.85 bits per heavy atom. The van der Waals surface area contributed by atoms with Gasteiger partial charge in [0.2, 0.25) is 11.1 Å². The molecule has 27 heavy (non-hydrogen) atoms. The second-order valence-corrected chi connectivity index (χ2v) is 5.44. The van der Waals surface area contributed by atoms with Gasteiger partial charge in [-0.3, -0.25) is 20.2 Å². The fourth-order valence-corrected chi connectivity index (χ4v) is 2.27. The van der Waals surface area contributed by atoms with Crippen molar-refractivity contribution in [3.05, 3.63) is 46.6 Å². The first kappa shape index (κ1) is 18.3. The summed E-state index contributed by atoms with van der Waals surface area (Å²) in [6, 6.07) is 3.49. The maximum atomic E-state index is 13.8. The standard InChI is InChI=1S/C16H10ClFN4O5/c1-26-10-3-2-7(4-8-12(23)20-16(25)21-13(8)24)5-11(10)27-14-9(18)6-19-15(17)22-14/h2-6H,1H3,(H2,20,21,23,24,25). The number of hydrogen-bond acceptors (Lipinski definition) is 7. The summed E-state index contributed by atoms with van der Waals surface area (Å²) in [7, 11) is 1.37. The van der Waals surface area contributed by atoms with E-state index in [2.05, 4.69) is 9.97 Å². The molecule has 2 N–H and O–H groups in total. The van der Waals surface area contributed by atoms with Crippen LogP contribution in [0.2, 0.25) is 5.28 Å². The number of carbonyl (C=O) groups excluding carboxylic acids is 3. The lowest BCUT2D eigenvalue weighted by molar-refractivity contribution is -0.123. The van der Waals surface area contributed by atoms with Crippen molar-refractivity contribution in [3.8, 4) is 17.4 Å². The summed E-state index contributed by atoms with van der Waals surface area (Å²) in [4.78, 5) is 41.8. The Kier molecular flexibility index (Phi) is 4.99. The number of benzene rings is 1. The highest BCUT2D eigenvalue weighted by atomic mass is 35.5. The van der Waals surface area contributed by atoms with E-state index in [0.717, 1.165) is 6.20 Å². The molecule has 1 aromatic carbocycles. The third kappa shape index (κ3) is 4.01. The van der Waals surface area contributed by atoms with Crippen LogP contribution in [0.15, 0.2) is 30.0 Å². The molecule has 9 nitrogen and oxygen atoms in total. The van der Waals surface area contributed by atoms with Crippen molar-refractivity contribution in [2.45, 2.75) is 0 Å². The summed E-state index contributed by atoms with van der Waals surface area (Å²) in [5, 5.41) is 3.69. The van der Waals surface area contributed by atoms with Crippen LogP contribution in [-0.2, 0) is 9.59 Å². The number of amides is 4. The second-order valence-electron chi connectivity index (χ2n) is 5.10. The van der Waals surface area contributed by atoms with E-state index < -0.39 is 29.5 Å². The Morgan fingerprint density at radius 1 is 1.15 bits per heavy atom. The highest BCUT2D eigenvalue weighted by Gasteiger charge is 2.27. The number of rotatable bonds is 4. The van der Waals surface area contributed by atoms with Gasteiger partial charge in [-0.05, 0) is 35.4 Å². The Morgan fingerprint density at radius 3 is 2.52 bits per heavy atom. The minimum Gasteiger partial charge on any atom is -0.493 e. The first-order valence-corrected chi connectivity index (χ1v) is 7.67. The molecule has 1 fully saturated rings. The predicted octanol–water partition coefficient (Wildman–Crippen LogP) is 1.82. The van der Waals surface area contributed by atoms with Crippen LogP contribution in [0, 0.1) is 5.82 Å². The van der Waals surface area contributed by atoms with E-state index >= 15 is 0 Å². The quantitative estimate of drug-likeness (QED) is 0.462. The van der Waals surface area contributed by atoms with E-state index in [1.807, 2.05) is 10.6 Å². The minimum absolute atomic E-state index is 0.0493. The number of barbiturate groups is 1. The SMILES string of the molecule is COc1ccc(C=C2C(=O)NC(=O)NC2=O)cc1Oc1nc(Cl)ncc1F. The molecule has 0 spiro atoms. The Balaban J connectivity index is 1.97.